The highest BCUT2D eigenvalue weighted by atomic mass is 32.1. The molecule has 0 N–H and O–H groups in total. The topological polar surface area (TPSA) is 16.1 Å². The third kappa shape index (κ3) is 2.83. The van der Waals surface area contributed by atoms with Crippen LogP contribution in [0.25, 0.3) is 0 Å². The molecule has 0 saturated heterocycles. The van der Waals surface area contributed by atoms with Gasteiger partial charge in [0.15, 0.2) is 0 Å². The van der Waals surface area contributed by atoms with Crippen molar-refractivity contribution in [3.63, 3.8) is 0 Å². The first-order chi connectivity index (χ1) is 7.81. The lowest BCUT2D eigenvalue weighted by Crippen LogP contribution is -2.31. The van der Waals surface area contributed by atoms with Gasteiger partial charge in [0.05, 0.1) is 10.7 Å². The molecule has 1 aromatic heterocycles. The Labute approximate surface area is 103 Å². The molecule has 2 heterocycles. The van der Waals surface area contributed by atoms with Crippen molar-refractivity contribution in [3.8, 4) is 0 Å². The van der Waals surface area contributed by atoms with E-state index in [1.807, 2.05) is 25.2 Å². The minimum Gasteiger partial charge on any atom is -0.298 e. The smallest absolute Gasteiger partial charge is 0.0900 e. The Kier molecular flexibility index (Phi) is 3.98. The molecule has 1 aliphatic heterocycles. The van der Waals surface area contributed by atoms with E-state index in [-0.39, 0.29) is 0 Å². The number of aromatic nitrogens is 1. The van der Waals surface area contributed by atoms with Crippen LogP contribution < -0.4 is 0 Å². The van der Waals surface area contributed by atoms with E-state index in [1.54, 1.807) is 0 Å². The van der Waals surface area contributed by atoms with Crippen molar-refractivity contribution in [1.29, 1.82) is 0 Å². The highest BCUT2D eigenvalue weighted by Gasteiger charge is 2.27. The van der Waals surface area contributed by atoms with Gasteiger partial charge >= 0.3 is 0 Å². The van der Waals surface area contributed by atoms with Crippen molar-refractivity contribution in [2.24, 2.45) is 5.92 Å². The number of rotatable bonds is 2. The van der Waals surface area contributed by atoms with Crippen LogP contribution in [0.3, 0.4) is 0 Å². The molecule has 16 heavy (non-hydrogen) atoms. The molecule has 0 atom stereocenters. The molecule has 1 aliphatic carbocycles. The maximum atomic E-state index is 4.57. The summed E-state index contributed by atoms with van der Waals surface area (Å²) in [5.74, 6) is 1.02. The first kappa shape index (κ1) is 12.1. The molecule has 0 unspecified atom stereocenters. The average Bonchev–Trinajstić information content (AvgIpc) is 3.01. The molecule has 3 rings (SSSR count). The molecule has 1 aromatic rings. The van der Waals surface area contributed by atoms with Gasteiger partial charge in [-0.2, -0.15) is 0 Å². The second-order valence-electron chi connectivity index (χ2n) is 4.53. The summed E-state index contributed by atoms with van der Waals surface area (Å²) in [5.41, 5.74) is 1.37. The highest BCUT2D eigenvalue weighted by Crippen LogP contribution is 2.32. The Morgan fingerprint density at radius 1 is 1.38 bits per heavy atom. The van der Waals surface area contributed by atoms with Crippen molar-refractivity contribution >= 4 is 11.3 Å². The second-order valence-corrected chi connectivity index (χ2v) is 5.82. The van der Waals surface area contributed by atoms with Crippen molar-refractivity contribution in [2.75, 3.05) is 13.1 Å². The normalized spacial score (nSPS) is 19.9. The molecule has 0 spiro atoms. The van der Waals surface area contributed by atoms with Gasteiger partial charge in [0.25, 0.3) is 0 Å². The lowest BCUT2D eigenvalue weighted by Gasteiger charge is -2.25. The van der Waals surface area contributed by atoms with Crippen LogP contribution in [-0.4, -0.2) is 23.0 Å². The fraction of sp³-hybridized carbons (Fsp3) is 0.769. The van der Waals surface area contributed by atoms with Crippen LogP contribution in [0, 0.1) is 12.8 Å². The molecular weight excluding hydrogens is 216 g/mol. The largest absolute Gasteiger partial charge is 0.298 e. The van der Waals surface area contributed by atoms with Gasteiger partial charge in [-0.05, 0) is 25.7 Å². The summed E-state index contributed by atoms with van der Waals surface area (Å²) < 4.78 is 0. The maximum absolute atomic E-state index is 4.57. The SMILES string of the molecule is CC.Cc1nc2c(s1)CN(CC1CC1)CC2. The molecule has 0 amide bonds. The third-order valence-electron chi connectivity index (χ3n) is 3.13. The molecule has 3 heteroatoms. The highest BCUT2D eigenvalue weighted by molar-refractivity contribution is 7.11. The maximum Gasteiger partial charge on any atom is 0.0900 e. The number of hydrogen-bond donors (Lipinski definition) is 0. The van der Waals surface area contributed by atoms with E-state index in [0.29, 0.717) is 0 Å². The summed E-state index contributed by atoms with van der Waals surface area (Å²) in [6, 6.07) is 0. The molecule has 1 saturated carbocycles. The zero-order valence-electron chi connectivity index (χ0n) is 10.6. The zero-order chi connectivity index (χ0) is 11.5. The minimum absolute atomic E-state index is 1.02. The molecule has 0 aromatic carbocycles. The molecule has 2 nitrogen and oxygen atoms in total. The first-order valence-corrected chi connectivity index (χ1v) is 7.30. The Balaban J connectivity index is 0.000000457. The van der Waals surface area contributed by atoms with E-state index in [4.69, 9.17) is 0 Å². The van der Waals surface area contributed by atoms with E-state index >= 15 is 0 Å². The zero-order valence-corrected chi connectivity index (χ0v) is 11.4. The van der Waals surface area contributed by atoms with Gasteiger partial charge in [0, 0.05) is 30.9 Å². The molecule has 90 valence electrons. The molecule has 0 radical (unpaired) electrons. The fourth-order valence-corrected chi connectivity index (χ4v) is 3.22. The quantitative estimate of drug-likeness (QED) is 0.786. The van der Waals surface area contributed by atoms with E-state index in [9.17, 15) is 0 Å². The third-order valence-corrected chi connectivity index (χ3v) is 4.13. The number of thiazole rings is 1. The number of aryl methyl sites for hydroxylation is 1. The van der Waals surface area contributed by atoms with Crippen LogP contribution in [0.15, 0.2) is 0 Å². The summed E-state index contributed by atoms with van der Waals surface area (Å²) >= 11 is 1.89. The summed E-state index contributed by atoms with van der Waals surface area (Å²) in [5, 5.41) is 1.24. The van der Waals surface area contributed by atoms with Crippen LogP contribution in [0.5, 0.6) is 0 Å². The lowest BCUT2D eigenvalue weighted by atomic mass is 10.1. The number of nitrogens with zero attached hydrogens (tertiary/aromatic N) is 2. The summed E-state index contributed by atoms with van der Waals surface area (Å²) in [7, 11) is 0. The second kappa shape index (κ2) is 5.28. The van der Waals surface area contributed by atoms with Crippen molar-refractivity contribution in [1.82, 2.24) is 9.88 Å². The first-order valence-electron chi connectivity index (χ1n) is 6.49. The van der Waals surface area contributed by atoms with E-state index in [2.05, 4.69) is 16.8 Å². The lowest BCUT2D eigenvalue weighted by molar-refractivity contribution is 0.245. The summed E-state index contributed by atoms with van der Waals surface area (Å²) in [4.78, 5) is 8.70. The van der Waals surface area contributed by atoms with Crippen LogP contribution in [0.2, 0.25) is 0 Å². The van der Waals surface area contributed by atoms with Crippen LogP contribution in [0.1, 0.15) is 42.3 Å². The molecule has 0 bridgehead atoms. The van der Waals surface area contributed by atoms with Crippen molar-refractivity contribution in [2.45, 2.75) is 46.6 Å². The van der Waals surface area contributed by atoms with Gasteiger partial charge < -0.3 is 0 Å². The number of hydrogen-bond acceptors (Lipinski definition) is 3. The van der Waals surface area contributed by atoms with Crippen LogP contribution >= 0.6 is 11.3 Å². The van der Waals surface area contributed by atoms with Gasteiger partial charge in [0.2, 0.25) is 0 Å². The average molecular weight is 238 g/mol. The molecule has 2 aliphatic rings. The Bertz CT molecular complexity index is 342. The summed E-state index contributed by atoms with van der Waals surface area (Å²) in [6.45, 7) is 9.84. The minimum atomic E-state index is 1.02. The Morgan fingerprint density at radius 2 is 2.12 bits per heavy atom. The Morgan fingerprint density at radius 3 is 2.81 bits per heavy atom. The van der Waals surface area contributed by atoms with E-state index in [0.717, 1.165) is 12.5 Å². The van der Waals surface area contributed by atoms with Crippen LogP contribution in [0.4, 0.5) is 0 Å². The molecular formula is C13H22N2S. The fourth-order valence-electron chi connectivity index (χ4n) is 2.20. The van der Waals surface area contributed by atoms with Crippen molar-refractivity contribution < 1.29 is 0 Å². The predicted molar refractivity (Wildman–Crippen MR) is 69.9 cm³/mol. The van der Waals surface area contributed by atoms with Gasteiger partial charge in [-0.15, -0.1) is 11.3 Å². The van der Waals surface area contributed by atoms with Crippen LogP contribution in [-0.2, 0) is 13.0 Å². The van der Waals surface area contributed by atoms with E-state index in [1.165, 1.54) is 47.9 Å². The van der Waals surface area contributed by atoms with Gasteiger partial charge in [0.1, 0.15) is 0 Å². The van der Waals surface area contributed by atoms with Gasteiger partial charge in [-0.1, -0.05) is 13.8 Å². The summed E-state index contributed by atoms with van der Waals surface area (Å²) in [6.07, 6.45) is 4.10. The standard InChI is InChI=1S/C11H16N2S.C2H6/c1-8-12-10-4-5-13(6-9-2-3-9)7-11(10)14-8;1-2/h9H,2-7H2,1H3;1-2H3. The monoisotopic (exact) mass is 238 g/mol. The molecule has 1 fully saturated rings. The van der Waals surface area contributed by atoms with Gasteiger partial charge in [-0.3, -0.25) is 4.90 Å². The number of fused-ring (bicyclic) bond motifs is 1. The van der Waals surface area contributed by atoms with E-state index < -0.39 is 0 Å². The van der Waals surface area contributed by atoms with Crippen molar-refractivity contribution in [3.05, 3.63) is 15.6 Å². The predicted octanol–water partition coefficient (Wildman–Crippen LogP) is 3.25. The van der Waals surface area contributed by atoms with Gasteiger partial charge in [-0.25, -0.2) is 4.98 Å². The Hall–Kier alpha value is -0.410.